The lowest BCUT2D eigenvalue weighted by Crippen LogP contribution is -2.52. The van der Waals surface area contributed by atoms with E-state index in [1.54, 1.807) is 0 Å². The lowest BCUT2D eigenvalue weighted by molar-refractivity contribution is -0.203. The maximum absolute atomic E-state index is 12.6. The average Bonchev–Trinajstić information content (AvgIpc) is 2.14. The van der Waals surface area contributed by atoms with E-state index in [9.17, 15) is 26.4 Å². The molecule has 0 radical (unpaired) electrons. The van der Waals surface area contributed by atoms with Crippen molar-refractivity contribution in [1.29, 1.82) is 0 Å². The van der Waals surface area contributed by atoms with Gasteiger partial charge in [0.15, 0.2) is 0 Å². The van der Waals surface area contributed by atoms with Crippen LogP contribution in [0.5, 0.6) is 0 Å². The normalized spacial score (nSPS) is 19.7. The summed E-state index contributed by atoms with van der Waals surface area (Å²) in [5, 5.41) is 2.41. The summed E-state index contributed by atoms with van der Waals surface area (Å²) in [5.41, 5.74) is -2.35. The Morgan fingerprint density at radius 1 is 1.33 bits per heavy atom. The highest BCUT2D eigenvalue weighted by molar-refractivity contribution is 7.89. The zero-order chi connectivity index (χ0) is 14.2. The first-order chi connectivity index (χ1) is 7.96. The fourth-order valence-corrected chi connectivity index (χ4v) is 3.42. The molecule has 0 saturated carbocycles. The second kappa shape index (κ2) is 4.69. The van der Waals surface area contributed by atoms with Crippen molar-refractivity contribution in [2.45, 2.75) is 20.0 Å². The van der Waals surface area contributed by atoms with Crippen molar-refractivity contribution >= 4 is 15.9 Å². The first kappa shape index (κ1) is 15.2. The molecule has 1 saturated heterocycles. The topological polar surface area (TPSA) is 66.5 Å². The highest BCUT2D eigenvalue weighted by atomic mass is 32.2. The number of alkyl halides is 3. The molecule has 0 spiro atoms. The number of nitrogens with one attached hydrogen (secondary N) is 1. The van der Waals surface area contributed by atoms with Crippen molar-refractivity contribution in [3.8, 4) is 0 Å². The van der Waals surface area contributed by atoms with Crippen molar-refractivity contribution in [3.63, 3.8) is 0 Å². The van der Waals surface area contributed by atoms with E-state index in [4.69, 9.17) is 0 Å². The predicted molar refractivity (Wildman–Crippen MR) is 58.2 cm³/mol. The van der Waals surface area contributed by atoms with E-state index >= 15 is 0 Å². The van der Waals surface area contributed by atoms with Crippen LogP contribution < -0.4 is 5.32 Å². The lowest BCUT2D eigenvalue weighted by atomic mass is 9.96. The van der Waals surface area contributed by atoms with Crippen LogP contribution in [0.4, 0.5) is 13.2 Å². The molecule has 1 amide bonds. The van der Waals surface area contributed by atoms with Crippen LogP contribution in [0.1, 0.15) is 13.8 Å². The second-order valence-corrected chi connectivity index (χ2v) is 6.79. The summed E-state index contributed by atoms with van der Waals surface area (Å²) >= 11 is 0. The number of halogens is 3. The van der Waals surface area contributed by atoms with Crippen LogP contribution in [-0.2, 0) is 14.8 Å². The Balaban J connectivity index is 2.85. The molecule has 0 atom stereocenters. The van der Waals surface area contributed by atoms with Crippen LogP contribution in [-0.4, -0.2) is 50.2 Å². The third kappa shape index (κ3) is 3.35. The molecule has 1 fully saturated rings. The van der Waals surface area contributed by atoms with Crippen molar-refractivity contribution in [3.05, 3.63) is 0 Å². The molecule has 1 heterocycles. The number of carbonyl (C=O) groups is 1. The summed E-state index contributed by atoms with van der Waals surface area (Å²) < 4.78 is 62.4. The molecule has 106 valence electrons. The lowest BCUT2D eigenvalue weighted by Gasteiger charge is -2.32. The van der Waals surface area contributed by atoms with E-state index in [2.05, 4.69) is 5.32 Å². The van der Waals surface area contributed by atoms with Crippen LogP contribution in [0.2, 0.25) is 0 Å². The van der Waals surface area contributed by atoms with Gasteiger partial charge in [-0.2, -0.15) is 17.5 Å². The molecule has 18 heavy (non-hydrogen) atoms. The molecule has 0 unspecified atom stereocenters. The summed E-state index contributed by atoms with van der Waals surface area (Å²) in [4.78, 5) is 11.0. The molecular weight excluding hydrogens is 273 g/mol. The van der Waals surface area contributed by atoms with Gasteiger partial charge in [-0.15, -0.1) is 0 Å². The maximum atomic E-state index is 12.6. The molecular formula is C9H15F3N2O3S. The highest BCUT2D eigenvalue weighted by Gasteiger charge is 2.50. The molecule has 1 aliphatic rings. The number of sulfonamides is 1. The minimum Gasteiger partial charge on any atom is -0.354 e. The van der Waals surface area contributed by atoms with Crippen molar-refractivity contribution in [1.82, 2.24) is 9.62 Å². The van der Waals surface area contributed by atoms with Gasteiger partial charge < -0.3 is 5.32 Å². The molecule has 0 aromatic heterocycles. The van der Waals surface area contributed by atoms with E-state index in [-0.39, 0.29) is 13.1 Å². The van der Waals surface area contributed by atoms with Gasteiger partial charge in [-0.1, -0.05) is 13.8 Å². The Hall–Kier alpha value is -0.830. The van der Waals surface area contributed by atoms with Crippen LogP contribution in [0.25, 0.3) is 0 Å². The van der Waals surface area contributed by atoms with Crippen LogP contribution in [0.3, 0.4) is 0 Å². The number of amides is 1. The van der Waals surface area contributed by atoms with Crippen LogP contribution >= 0.6 is 0 Å². The van der Waals surface area contributed by atoms with Crippen LogP contribution in [0.15, 0.2) is 0 Å². The SMILES string of the molecule is CC(C)(CS(=O)(=O)N1CCNC(=O)C1)C(F)(F)F. The van der Waals surface area contributed by atoms with E-state index in [1.165, 1.54) is 0 Å². The zero-order valence-corrected chi connectivity index (χ0v) is 10.9. The van der Waals surface area contributed by atoms with Crippen LogP contribution in [0, 0.1) is 5.41 Å². The van der Waals surface area contributed by atoms with E-state index in [0.717, 1.165) is 18.2 Å². The Kier molecular flexibility index (Phi) is 3.97. The third-order valence-electron chi connectivity index (χ3n) is 2.71. The van der Waals surface area contributed by atoms with Gasteiger partial charge in [0.1, 0.15) is 0 Å². The summed E-state index contributed by atoms with van der Waals surface area (Å²) in [6.07, 6.45) is -4.61. The molecule has 0 aromatic rings. The minimum atomic E-state index is -4.61. The average molecular weight is 288 g/mol. The number of hydrogen-bond acceptors (Lipinski definition) is 3. The number of rotatable bonds is 3. The predicted octanol–water partition coefficient (Wildman–Crippen LogP) is 0.336. The number of carbonyl (C=O) groups excluding carboxylic acids is 1. The summed E-state index contributed by atoms with van der Waals surface area (Å²) in [7, 11) is -4.10. The number of nitrogens with zero attached hydrogens (tertiary/aromatic N) is 1. The molecule has 1 aliphatic heterocycles. The highest BCUT2D eigenvalue weighted by Crippen LogP contribution is 2.39. The van der Waals surface area contributed by atoms with Crippen molar-refractivity contribution < 1.29 is 26.4 Å². The fraction of sp³-hybridized carbons (Fsp3) is 0.889. The largest absolute Gasteiger partial charge is 0.395 e. The summed E-state index contributed by atoms with van der Waals surface area (Å²) in [6.45, 7) is 1.35. The third-order valence-corrected chi connectivity index (χ3v) is 4.89. The van der Waals surface area contributed by atoms with Gasteiger partial charge in [0.25, 0.3) is 0 Å². The fourth-order valence-electron chi connectivity index (χ4n) is 1.48. The number of piperazine rings is 1. The first-order valence-electron chi connectivity index (χ1n) is 5.27. The molecule has 1 N–H and O–H groups in total. The van der Waals surface area contributed by atoms with Gasteiger partial charge in [0.05, 0.1) is 17.7 Å². The standard InChI is InChI=1S/C9H15F3N2O3S/c1-8(2,9(10,11)12)6-18(16,17)14-4-3-13-7(15)5-14/h3-6H2,1-2H3,(H,13,15). The van der Waals surface area contributed by atoms with E-state index in [0.29, 0.717) is 0 Å². The van der Waals surface area contributed by atoms with Gasteiger partial charge in [0, 0.05) is 13.1 Å². The first-order valence-corrected chi connectivity index (χ1v) is 6.88. The maximum Gasteiger partial charge on any atom is 0.395 e. The Labute approximate surface area is 103 Å². The van der Waals surface area contributed by atoms with Gasteiger partial charge in [-0.05, 0) is 0 Å². The molecule has 0 aromatic carbocycles. The van der Waals surface area contributed by atoms with Gasteiger partial charge in [-0.25, -0.2) is 8.42 Å². The Morgan fingerprint density at radius 3 is 2.33 bits per heavy atom. The summed E-state index contributed by atoms with van der Waals surface area (Å²) in [6, 6.07) is 0. The van der Waals surface area contributed by atoms with Crippen molar-refractivity contribution in [2.24, 2.45) is 5.41 Å². The quantitative estimate of drug-likeness (QED) is 0.814. The minimum absolute atomic E-state index is 0.00199. The van der Waals surface area contributed by atoms with Gasteiger partial charge >= 0.3 is 6.18 Å². The monoisotopic (exact) mass is 288 g/mol. The van der Waals surface area contributed by atoms with Gasteiger partial charge in [-0.3, -0.25) is 4.79 Å². The molecule has 0 bridgehead atoms. The molecule has 5 nitrogen and oxygen atoms in total. The molecule has 0 aliphatic carbocycles. The molecule has 1 rings (SSSR count). The van der Waals surface area contributed by atoms with E-state index < -0.39 is 39.8 Å². The second-order valence-electron chi connectivity index (χ2n) is 4.82. The summed E-state index contributed by atoms with van der Waals surface area (Å²) in [5.74, 6) is -1.56. The Morgan fingerprint density at radius 2 is 1.89 bits per heavy atom. The van der Waals surface area contributed by atoms with Crippen molar-refractivity contribution in [2.75, 3.05) is 25.4 Å². The number of hydrogen-bond donors (Lipinski definition) is 1. The Bertz CT molecular complexity index is 431. The molecule has 9 heteroatoms. The zero-order valence-electron chi connectivity index (χ0n) is 10.0. The smallest absolute Gasteiger partial charge is 0.354 e. The van der Waals surface area contributed by atoms with Gasteiger partial charge in [0.2, 0.25) is 15.9 Å². The van der Waals surface area contributed by atoms with E-state index in [1.807, 2.05) is 0 Å².